The lowest BCUT2D eigenvalue weighted by molar-refractivity contribution is -0.389. The van der Waals surface area contributed by atoms with Crippen molar-refractivity contribution in [2.24, 2.45) is 0 Å². The Kier molecular flexibility index (Phi) is 5.82. The second-order valence-electron chi connectivity index (χ2n) is 4.39. The summed E-state index contributed by atoms with van der Waals surface area (Å²) in [6, 6.07) is 0. The van der Waals surface area contributed by atoms with E-state index in [1.165, 1.54) is 30.9 Å². The van der Waals surface area contributed by atoms with E-state index in [0.29, 0.717) is 6.42 Å². The van der Waals surface area contributed by atoms with Crippen LogP contribution in [0.4, 0.5) is 5.82 Å². The number of carbonyl (C=O) groups is 2. The highest BCUT2D eigenvalue weighted by atomic mass is 16.6. The first-order valence-electron chi connectivity index (χ1n) is 6.34. The van der Waals surface area contributed by atoms with Gasteiger partial charge in [-0.25, -0.2) is 0 Å². The number of esters is 2. The Morgan fingerprint density at radius 1 is 1.33 bits per heavy atom. The Hall–Kier alpha value is -2.45. The number of imidazole rings is 1. The maximum atomic E-state index is 11.2. The van der Waals surface area contributed by atoms with Gasteiger partial charge in [0.1, 0.15) is 12.3 Å². The van der Waals surface area contributed by atoms with Crippen LogP contribution in [0.5, 0.6) is 0 Å². The fraction of sp³-hybridized carbons (Fsp3) is 0.583. The van der Waals surface area contributed by atoms with Crippen molar-refractivity contribution < 1.29 is 24.0 Å². The third kappa shape index (κ3) is 5.21. The normalized spacial score (nSPS) is 13.3. The number of nitro groups is 1. The molecule has 9 nitrogen and oxygen atoms in total. The standard InChI is InChI=1S/C12H17N3O6/c1-4-10(20-8(2)16)11(21-9(3)17)5-14-6-12(13-7-14)15(18)19/h6-7,10-11H,4-5H2,1-3H3. The van der Waals surface area contributed by atoms with Gasteiger partial charge in [0.15, 0.2) is 6.10 Å². The van der Waals surface area contributed by atoms with Gasteiger partial charge in [-0.2, -0.15) is 0 Å². The van der Waals surface area contributed by atoms with Crippen molar-refractivity contribution in [1.82, 2.24) is 9.55 Å². The van der Waals surface area contributed by atoms with Crippen LogP contribution in [0.3, 0.4) is 0 Å². The zero-order valence-electron chi connectivity index (χ0n) is 12.0. The van der Waals surface area contributed by atoms with E-state index in [0.717, 1.165) is 0 Å². The predicted octanol–water partition coefficient (Wildman–Crippen LogP) is 1.06. The lowest BCUT2D eigenvalue weighted by atomic mass is 10.1. The lowest BCUT2D eigenvalue weighted by Gasteiger charge is -2.25. The Labute approximate surface area is 121 Å². The number of nitrogens with zero attached hydrogens (tertiary/aromatic N) is 3. The highest BCUT2D eigenvalue weighted by Gasteiger charge is 2.27. The third-order valence-corrected chi connectivity index (χ3v) is 2.65. The second kappa shape index (κ2) is 7.36. The molecule has 0 N–H and O–H groups in total. The molecule has 0 aliphatic rings. The summed E-state index contributed by atoms with van der Waals surface area (Å²) < 4.78 is 11.7. The zero-order valence-corrected chi connectivity index (χ0v) is 12.0. The van der Waals surface area contributed by atoms with Gasteiger partial charge in [0.2, 0.25) is 6.33 Å². The fourth-order valence-electron chi connectivity index (χ4n) is 1.83. The third-order valence-electron chi connectivity index (χ3n) is 2.65. The Morgan fingerprint density at radius 2 is 1.90 bits per heavy atom. The molecule has 9 heteroatoms. The van der Waals surface area contributed by atoms with Gasteiger partial charge in [-0.05, 0) is 16.3 Å². The first-order valence-corrected chi connectivity index (χ1v) is 6.34. The van der Waals surface area contributed by atoms with Crippen LogP contribution in [-0.4, -0.2) is 38.6 Å². The van der Waals surface area contributed by atoms with Crippen molar-refractivity contribution in [2.75, 3.05) is 0 Å². The van der Waals surface area contributed by atoms with Gasteiger partial charge in [-0.3, -0.25) is 9.59 Å². The van der Waals surface area contributed by atoms with E-state index < -0.39 is 29.1 Å². The number of hydrogen-bond acceptors (Lipinski definition) is 7. The second-order valence-corrected chi connectivity index (χ2v) is 4.39. The van der Waals surface area contributed by atoms with Gasteiger partial charge in [0.05, 0.1) is 6.54 Å². The maximum absolute atomic E-state index is 11.2. The van der Waals surface area contributed by atoms with Crippen LogP contribution in [0.15, 0.2) is 12.5 Å². The lowest BCUT2D eigenvalue weighted by Crippen LogP contribution is -2.37. The molecule has 0 saturated heterocycles. The number of rotatable bonds is 7. The fourth-order valence-corrected chi connectivity index (χ4v) is 1.83. The molecule has 0 bridgehead atoms. The molecule has 21 heavy (non-hydrogen) atoms. The highest BCUT2D eigenvalue weighted by molar-refractivity contribution is 5.67. The molecule has 0 saturated carbocycles. The predicted molar refractivity (Wildman–Crippen MR) is 70.3 cm³/mol. The summed E-state index contributed by atoms with van der Waals surface area (Å²) in [5, 5.41) is 10.6. The molecule has 0 radical (unpaired) electrons. The monoisotopic (exact) mass is 299 g/mol. The molecule has 0 fully saturated rings. The smallest absolute Gasteiger partial charge is 0.381 e. The van der Waals surface area contributed by atoms with Crippen LogP contribution in [-0.2, 0) is 25.6 Å². The molecule has 0 spiro atoms. The molecule has 1 aromatic heterocycles. The minimum atomic E-state index is -0.745. The van der Waals surface area contributed by atoms with E-state index in [-0.39, 0.29) is 12.4 Å². The van der Waals surface area contributed by atoms with Crippen molar-refractivity contribution in [2.45, 2.75) is 45.9 Å². The summed E-state index contributed by atoms with van der Waals surface area (Å²) in [6.45, 7) is 4.38. The van der Waals surface area contributed by atoms with Crippen LogP contribution >= 0.6 is 0 Å². The van der Waals surface area contributed by atoms with E-state index in [4.69, 9.17) is 9.47 Å². The molecular formula is C12H17N3O6. The summed E-state index contributed by atoms with van der Waals surface area (Å²) in [4.78, 5) is 35.8. The van der Waals surface area contributed by atoms with Gasteiger partial charge in [-0.1, -0.05) is 6.92 Å². The summed E-state index contributed by atoms with van der Waals surface area (Å²) in [5.74, 6) is -1.33. The molecule has 1 heterocycles. The molecule has 2 unspecified atom stereocenters. The van der Waals surface area contributed by atoms with Gasteiger partial charge in [0.25, 0.3) is 0 Å². The average Bonchev–Trinajstić information content (AvgIpc) is 2.83. The van der Waals surface area contributed by atoms with Crippen molar-refractivity contribution >= 4 is 17.8 Å². The van der Waals surface area contributed by atoms with Crippen LogP contribution in [0.2, 0.25) is 0 Å². The van der Waals surface area contributed by atoms with E-state index in [1.54, 1.807) is 6.92 Å². The van der Waals surface area contributed by atoms with Gasteiger partial charge in [0, 0.05) is 13.8 Å². The number of hydrogen-bond donors (Lipinski definition) is 0. The van der Waals surface area contributed by atoms with Crippen molar-refractivity contribution in [3.05, 3.63) is 22.6 Å². The van der Waals surface area contributed by atoms with Crippen LogP contribution < -0.4 is 0 Å². The SMILES string of the molecule is CCC(OC(C)=O)C(Cn1cnc([N+](=O)[O-])c1)OC(C)=O. The minimum Gasteiger partial charge on any atom is -0.459 e. The Balaban J connectivity index is 2.87. The summed E-state index contributed by atoms with van der Waals surface area (Å²) in [7, 11) is 0. The maximum Gasteiger partial charge on any atom is 0.381 e. The highest BCUT2D eigenvalue weighted by Crippen LogP contribution is 2.14. The first kappa shape index (κ1) is 16.6. The first-order chi connectivity index (χ1) is 9.83. The van der Waals surface area contributed by atoms with Crippen molar-refractivity contribution in [3.63, 3.8) is 0 Å². The molecule has 0 aliphatic carbocycles. The quantitative estimate of drug-likeness (QED) is 0.420. The summed E-state index contributed by atoms with van der Waals surface area (Å²) >= 11 is 0. The molecule has 116 valence electrons. The average molecular weight is 299 g/mol. The topological polar surface area (TPSA) is 114 Å². The van der Waals surface area contributed by atoms with Crippen LogP contribution in [0.1, 0.15) is 27.2 Å². The summed E-state index contributed by atoms with van der Waals surface area (Å²) in [5.41, 5.74) is 0. The van der Waals surface area contributed by atoms with Crippen molar-refractivity contribution in [1.29, 1.82) is 0 Å². The number of ether oxygens (including phenoxy) is 2. The van der Waals surface area contributed by atoms with Gasteiger partial charge < -0.3 is 24.2 Å². The van der Waals surface area contributed by atoms with E-state index in [1.807, 2.05) is 0 Å². The Bertz CT molecular complexity index is 527. The molecule has 1 aromatic rings. The van der Waals surface area contributed by atoms with Gasteiger partial charge in [-0.15, -0.1) is 0 Å². The molecular weight excluding hydrogens is 282 g/mol. The molecule has 0 amide bonds. The van der Waals surface area contributed by atoms with Gasteiger partial charge >= 0.3 is 17.8 Å². The van der Waals surface area contributed by atoms with Crippen molar-refractivity contribution in [3.8, 4) is 0 Å². The molecule has 0 aliphatic heterocycles. The molecule has 2 atom stereocenters. The van der Waals surface area contributed by atoms with Crippen LogP contribution in [0.25, 0.3) is 0 Å². The Morgan fingerprint density at radius 3 is 2.33 bits per heavy atom. The largest absolute Gasteiger partial charge is 0.459 e. The van der Waals surface area contributed by atoms with E-state index in [9.17, 15) is 19.7 Å². The van der Waals surface area contributed by atoms with E-state index >= 15 is 0 Å². The van der Waals surface area contributed by atoms with E-state index in [2.05, 4.69) is 4.98 Å². The number of aromatic nitrogens is 2. The van der Waals surface area contributed by atoms with Crippen LogP contribution in [0, 0.1) is 10.1 Å². The number of carbonyl (C=O) groups excluding carboxylic acids is 2. The molecule has 0 aromatic carbocycles. The molecule has 1 rings (SSSR count). The minimum absolute atomic E-state index is 0.103. The summed E-state index contributed by atoms with van der Waals surface area (Å²) in [6.07, 6.45) is 1.54. The zero-order chi connectivity index (χ0) is 16.0.